The van der Waals surface area contributed by atoms with Crippen molar-refractivity contribution in [2.45, 2.75) is 32.7 Å². The molecule has 0 heterocycles. The zero-order chi connectivity index (χ0) is 14.6. The Labute approximate surface area is 122 Å². The Kier molecular flexibility index (Phi) is 8.83. The molecule has 0 aromatic heterocycles. The van der Waals surface area contributed by atoms with Gasteiger partial charge in [-0.25, -0.2) is 0 Å². The molecule has 1 aromatic rings. The van der Waals surface area contributed by atoms with Crippen LogP contribution in [0.3, 0.4) is 0 Å². The summed E-state index contributed by atoms with van der Waals surface area (Å²) in [6, 6.07) is 5.92. The molecule has 1 N–H and O–H groups in total. The molecule has 1 rings (SSSR count). The first-order valence-electron chi connectivity index (χ1n) is 7.30. The Morgan fingerprint density at radius 1 is 0.950 bits per heavy atom. The largest absolute Gasteiger partial charge is 0.497 e. The van der Waals surface area contributed by atoms with Gasteiger partial charge in [0, 0.05) is 25.8 Å². The fourth-order valence-electron chi connectivity index (χ4n) is 1.85. The highest BCUT2D eigenvalue weighted by molar-refractivity contribution is 5.38. The SMILES string of the molecule is CCCCOCCCNCc1cc(OC)cc(OC)c1. The molecular formula is C16H27NO3. The summed E-state index contributed by atoms with van der Waals surface area (Å²) in [6.07, 6.45) is 3.37. The maximum Gasteiger partial charge on any atom is 0.122 e. The van der Waals surface area contributed by atoms with E-state index in [0.717, 1.165) is 56.2 Å². The Morgan fingerprint density at radius 3 is 2.20 bits per heavy atom. The first-order chi connectivity index (χ1) is 9.80. The molecular weight excluding hydrogens is 254 g/mol. The second-order valence-electron chi connectivity index (χ2n) is 4.72. The van der Waals surface area contributed by atoms with Gasteiger partial charge in [0.1, 0.15) is 11.5 Å². The van der Waals surface area contributed by atoms with Gasteiger partial charge in [0.25, 0.3) is 0 Å². The normalized spacial score (nSPS) is 10.6. The number of benzene rings is 1. The number of hydrogen-bond acceptors (Lipinski definition) is 4. The van der Waals surface area contributed by atoms with Crippen LogP contribution in [0.4, 0.5) is 0 Å². The third-order valence-electron chi connectivity index (χ3n) is 3.02. The maximum absolute atomic E-state index is 5.52. The van der Waals surface area contributed by atoms with Crippen molar-refractivity contribution in [2.24, 2.45) is 0 Å². The van der Waals surface area contributed by atoms with E-state index in [9.17, 15) is 0 Å². The Hall–Kier alpha value is -1.26. The van der Waals surface area contributed by atoms with Crippen molar-refractivity contribution < 1.29 is 14.2 Å². The smallest absolute Gasteiger partial charge is 0.122 e. The highest BCUT2D eigenvalue weighted by Crippen LogP contribution is 2.22. The van der Waals surface area contributed by atoms with E-state index in [4.69, 9.17) is 14.2 Å². The zero-order valence-electron chi connectivity index (χ0n) is 12.9. The standard InChI is InChI=1S/C16H27NO3/c1-4-5-8-20-9-6-7-17-13-14-10-15(18-2)12-16(11-14)19-3/h10-12,17H,4-9,13H2,1-3H3. The summed E-state index contributed by atoms with van der Waals surface area (Å²) < 4.78 is 16.0. The average molecular weight is 281 g/mol. The van der Waals surface area contributed by atoms with Crippen LogP contribution in [-0.2, 0) is 11.3 Å². The van der Waals surface area contributed by atoms with E-state index in [0.29, 0.717) is 0 Å². The van der Waals surface area contributed by atoms with Gasteiger partial charge in [-0.1, -0.05) is 13.3 Å². The summed E-state index contributed by atoms with van der Waals surface area (Å²) in [7, 11) is 3.33. The third-order valence-corrected chi connectivity index (χ3v) is 3.02. The van der Waals surface area contributed by atoms with Crippen LogP contribution in [0.1, 0.15) is 31.7 Å². The van der Waals surface area contributed by atoms with Crippen LogP contribution in [0, 0.1) is 0 Å². The Morgan fingerprint density at radius 2 is 1.60 bits per heavy atom. The first-order valence-corrected chi connectivity index (χ1v) is 7.30. The quantitative estimate of drug-likeness (QED) is 0.633. The molecule has 0 aliphatic rings. The lowest BCUT2D eigenvalue weighted by atomic mass is 10.2. The van der Waals surface area contributed by atoms with Crippen LogP contribution in [-0.4, -0.2) is 34.0 Å². The molecule has 20 heavy (non-hydrogen) atoms. The molecule has 0 bridgehead atoms. The molecule has 4 heteroatoms. The zero-order valence-corrected chi connectivity index (χ0v) is 12.9. The van der Waals surface area contributed by atoms with Crippen molar-refractivity contribution in [1.29, 1.82) is 0 Å². The number of methoxy groups -OCH3 is 2. The van der Waals surface area contributed by atoms with Crippen LogP contribution >= 0.6 is 0 Å². The Balaban J connectivity index is 2.21. The van der Waals surface area contributed by atoms with Crippen molar-refractivity contribution >= 4 is 0 Å². The molecule has 0 spiro atoms. The van der Waals surface area contributed by atoms with Crippen LogP contribution in [0.5, 0.6) is 11.5 Å². The molecule has 0 amide bonds. The van der Waals surface area contributed by atoms with Gasteiger partial charge >= 0.3 is 0 Å². The Bertz CT molecular complexity index is 346. The highest BCUT2D eigenvalue weighted by Gasteiger charge is 2.01. The second kappa shape index (κ2) is 10.5. The van der Waals surface area contributed by atoms with E-state index in [1.54, 1.807) is 14.2 Å². The molecule has 0 fully saturated rings. The van der Waals surface area contributed by atoms with Gasteiger partial charge in [-0.3, -0.25) is 0 Å². The summed E-state index contributed by atoms with van der Waals surface area (Å²) in [5.74, 6) is 1.65. The van der Waals surface area contributed by atoms with Crippen LogP contribution in [0.25, 0.3) is 0 Å². The van der Waals surface area contributed by atoms with Crippen molar-refractivity contribution in [1.82, 2.24) is 5.32 Å². The summed E-state index contributed by atoms with van der Waals surface area (Å²) >= 11 is 0. The van der Waals surface area contributed by atoms with E-state index < -0.39 is 0 Å². The van der Waals surface area contributed by atoms with Gasteiger partial charge in [-0.05, 0) is 37.1 Å². The van der Waals surface area contributed by atoms with Gasteiger partial charge in [-0.15, -0.1) is 0 Å². The molecule has 114 valence electrons. The highest BCUT2D eigenvalue weighted by atomic mass is 16.5. The van der Waals surface area contributed by atoms with Crippen molar-refractivity contribution in [3.8, 4) is 11.5 Å². The number of rotatable bonds is 11. The summed E-state index contributed by atoms with van der Waals surface area (Å²) in [5.41, 5.74) is 1.16. The van der Waals surface area contributed by atoms with E-state index >= 15 is 0 Å². The summed E-state index contributed by atoms with van der Waals surface area (Å²) in [6.45, 7) is 5.64. The minimum atomic E-state index is 0.808. The summed E-state index contributed by atoms with van der Waals surface area (Å²) in [4.78, 5) is 0. The van der Waals surface area contributed by atoms with Crippen LogP contribution in [0.15, 0.2) is 18.2 Å². The maximum atomic E-state index is 5.52. The monoisotopic (exact) mass is 281 g/mol. The van der Waals surface area contributed by atoms with E-state index in [1.165, 1.54) is 6.42 Å². The minimum absolute atomic E-state index is 0.808. The molecule has 1 aromatic carbocycles. The first kappa shape index (κ1) is 16.8. The van der Waals surface area contributed by atoms with Gasteiger partial charge < -0.3 is 19.5 Å². The van der Waals surface area contributed by atoms with E-state index in [1.807, 2.05) is 18.2 Å². The molecule has 0 aliphatic carbocycles. The minimum Gasteiger partial charge on any atom is -0.497 e. The fourth-order valence-corrected chi connectivity index (χ4v) is 1.85. The van der Waals surface area contributed by atoms with Gasteiger partial charge in [0.2, 0.25) is 0 Å². The molecule has 0 aliphatic heterocycles. The molecule has 4 nitrogen and oxygen atoms in total. The lowest BCUT2D eigenvalue weighted by Crippen LogP contribution is -2.16. The fraction of sp³-hybridized carbons (Fsp3) is 0.625. The number of unbranched alkanes of at least 4 members (excludes halogenated alkanes) is 1. The molecule has 0 atom stereocenters. The number of ether oxygens (including phenoxy) is 3. The molecule has 0 radical (unpaired) electrons. The van der Waals surface area contributed by atoms with Crippen LogP contribution < -0.4 is 14.8 Å². The van der Waals surface area contributed by atoms with E-state index in [2.05, 4.69) is 12.2 Å². The predicted molar refractivity (Wildman–Crippen MR) is 81.6 cm³/mol. The summed E-state index contributed by atoms with van der Waals surface area (Å²) in [5, 5.41) is 3.40. The molecule has 0 saturated carbocycles. The van der Waals surface area contributed by atoms with E-state index in [-0.39, 0.29) is 0 Å². The van der Waals surface area contributed by atoms with Crippen molar-refractivity contribution in [3.63, 3.8) is 0 Å². The van der Waals surface area contributed by atoms with Crippen LogP contribution in [0.2, 0.25) is 0 Å². The third kappa shape index (κ3) is 6.78. The van der Waals surface area contributed by atoms with Crippen molar-refractivity contribution in [2.75, 3.05) is 34.0 Å². The molecule has 0 unspecified atom stereocenters. The lowest BCUT2D eigenvalue weighted by Gasteiger charge is -2.09. The number of nitrogens with one attached hydrogen (secondary N) is 1. The molecule has 0 saturated heterocycles. The van der Waals surface area contributed by atoms with Crippen molar-refractivity contribution in [3.05, 3.63) is 23.8 Å². The predicted octanol–water partition coefficient (Wildman–Crippen LogP) is 3.00. The lowest BCUT2D eigenvalue weighted by molar-refractivity contribution is 0.129. The van der Waals surface area contributed by atoms with Gasteiger partial charge in [-0.2, -0.15) is 0 Å². The topological polar surface area (TPSA) is 39.7 Å². The average Bonchev–Trinajstić information content (AvgIpc) is 2.49. The van der Waals surface area contributed by atoms with Gasteiger partial charge in [0.15, 0.2) is 0 Å². The number of hydrogen-bond donors (Lipinski definition) is 1. The second-order valence-corrected chi connectivity index (χ2v) is 4.72. The van der Waals surface area contributed by atoms with Gasteiger partial charge in [0.05, 0.1) is 14.2 Å².